The molecule has 4 heteroatoms. The van der Waals surface area contributed by atoms with Crippen molar-refractivity contribution >= 4 is 5.91 Å². The van der Waals surface area contributed by atoms with Crippen molar-refractivity contribution in [2.24, 2.45) is 5.92 Å². The van der Waals surface area contributed by atoms with Gasteiger partial charge in [-0.25, -0.2) is 0 Å². The highest BCUT2D eigenvalue weighted by molar-refractivity contribution is 5.76. The minimum atomic E-state index is 0.0448. The molecule has 4 nitrogen and oxygen atoms in total. The van der Waals surface area contributed by atoms with Crippen molar-refractivity contribution in [1.82, 2.24) is 10.6 Å². The summed E-state index contributed by atoms with van der Waals surface area (Å²) in [5, 5.41) is 15.1. The Morgan fingerprint density at radius 3 is 2.67 bits per heavy atom. The monoisotopic (exact) mass is 214 g/mol. The second-order valence-corrected chi connectivity index (χ2v) is 4.49. The summed E-state index contributed by atoms with van der Waals surface area (Å²) in [5.74, 6) is 0.182. The third-order valence-corrected chi connectivity index (χ3v) is 2.89. The first kappa shape index (κ1) is 12.5. The predicted molar refractivity (Wildman–Crippen MR) is 59.5 cm³/mol. The highest BCUT2D eigenvalue weighted by Crippen LogP contribution is 2.18. The van der Waals surface area contributed by atoms with Crippen molar-refractivity contribution in [1.29, 1.82) is 0 Å². The number of aliphatic hydroxyl groups excluding tert-OH is 1. The van der Waals surface area contributed by atoms with Crippen LogP contribution < -0.4 is 10.6 Å². The molecule has 1 fully saturated rings. The molecule has 0 aromatic rings. The molecule has 0 aromatic carbocycles. The zero-order valence-electron chi connectivity index (χ0n) is 9.62. The number of hydrogen-bond acceptors (Lipinski definition) is 3. The fourth-order valence-corrected chi connectivity index (χ4v) is 1.30. The lowest BCUT2D eigenvalue weighted by Crippen LogP contribution is -2.39. The lowest BCUT2D eigenvalue weighted by atomic mass is 10.1. The molecule has 1 aliphatic rings. The van der Waals surface area contributed by atoms with Gasteiger partial charge in [-0.3, -0.25) is 4.79 Å². The molecule has 3 N–H and O–H groups in total. The van der Waals surface area contributed by atoms with Gasteiger partial charge >= 0.3 is 0 Å². The highest BCUT2D eigenvalue weighted by Gasteiger charge is 2.20. The second kappa shape index (κ2) is 6.08. The van der Waals surface area contributed by atoms with Crippen molar-refractivity contribution in [2.75, 3.05) is 13.2 Å². The quantitative estimate of drug-likeness (QED) is 0.570. The molecule has 1 amide bonds. The van der Waals surface area contributed by atoms with Crippen molar-refractivity contribution in [2.45, 2.75) is 45.2 Å². The van der Waals surface area contributed by atoms with Gasteiger partial charge in [0, 0.05) is 31.7 Å². The Balaban J connectivity index is 2.05. The van der Waals surface area contributed by atoms with E-state index in [-0.39, 0.29) is 24.5 Å². The van der Waals surface area contributed by atoms with Gasteiger partial charge in [0.15, 0.2) is 0 Å². The molecule has 0 heterocycles. The van der Waals surface area contributed by atoms with Gasteiger partial charge in [0.1, 0.15) is 0 Å². The summed E-state index contributed by atoms with van der Waals surface area (Å²) in [5.41, 5.74) is 0. The van der Waals surface area contributed by atoms with E-state index in [4.69, 9.17) is 5.11 Å². The number of hydrogen-bond donors (Lipinski definition) is 3. The fraction of sp³-hybridized carbons (Fsp3) is 0.909. The fourth-order valence-electron chi connectivity index (χ4n) is 1.30. The lowest BCUT2D eigenvalue weighted by Gasteiger charge is -2.19. The smallest absolute Gasteiger partial charge is 0.221 e. The first-order valence-corrected chi connectivity index (χ1v) is 5.77. The summed E-state index contributed by atoms with van der Waals surface area (Å²) >= 11 is 0. The summed E-state index contributed by atoms with van der Waals surface area (Å²) in [7, 11) is 0. The second-order valence-electron chi connectivity index (χ2n) is 4.49. The van der Waals surface area contributed by atoms with E-state index in [1.165, 1.54) is 12.8 Å². The minimum absolute atomic E-state index is 0.0448. The van der Waals surface area contributed by atoms with Crippen LogP contribution in [0.3, 0.4) is 0 Å². The topological polar surface area (TPSA) is 61.4 Å². The van der Waals surface area contributed by atoms with E-state index in [0.717, 1.165) is 6.54 Å². The normalized spacial score (nSPS) is 19.7. The van der Waals surface area contributed by atoms with Crippen LogP contribution in [0.25, 0.3) is 0 Å². The number of rotatable bonds is 7. The Morgan fingerprint density at radius 2 is 2.13 bits per heavy atom. The predicted octanol–water partition coefficient (Wildman–Crippen LogP) is 0.262. The van der Waals surface area contributed by atoms with Crippen LogP contribution in [0, 0.1) is 5.92 Å². The zero-order valence-corrected chi connectivity index (χ0v) is 9.62. The molecule has 0 radical (unpaired) electrons. The van der Waals surface area contributed by atoms with Crippen molar-refractivity contribution < 1.29 is 9.90 Å². The lowest BCUT2D eigenvalue weighted by molar-refractivity contribution is -0.122. The van der Waals surface area contributed by atoms with E-state index in [1.807, 2.05) is 13.8 Å². The summed E-state index contributed by atoms with van der Waals surface area (Å²) in [6.07, 6.45) is 3.03. The molecule has 1 saturated carbocycles. The van der Waals surface area contributed by atoms with E-state index in [1.54, 1.807) is 0 Å². The molecule has 0 saturated heterocycles. The SMILES string of the molecule is CC(CO)C(C)NC(=O)CCNC1CC1. The Kier molecular flexibility index (Phi) is 5.05. The van der Waals surface area contributed by atoms with Crippen molar-refractivity contribution in [3.8, 4) is 0 Å². The van der Waals surface area contributed by atoms with Crippen LogP contribution in [0.1, 0.15) is 33.1 Å². The van der Waals surface area contributed by atoms with Crippen LogP contribution in [0.15, 0.2) is 0 Å². The van der Waals surface area contributed by atoms with Gasteiger partial charge in [-0.15, -0.1) is 0 Å². The number of carbonyl (C=O) groups is 1. The minimum Gasteiger partial charge on any atom is -0.396 e. The molecule has 0 aromatic heterocycles. The maximum Gasteiger partial charge on any atom is 0.221 e. The maximum absolute atomic E-state index is 11.4. The van der Waals surface area contributed by atoms with Gasteiger partial charge in [-0.2, -0.15) is 0 Å². The van der Waals surface area contributed by atoms with Gasteiger partial charge in [-0.05, 0) is 25.7 Å². The summed E-state index contributed by atoms with van der Waals surface area (Å²) < 4.78 is 0. The number of nitrogens with one attached hydrogen (secondary N) is 2. The first-order chi connectivity index (χ1) is 7.13. The van der Waals surface area contributed by atoms with E-state index >= 15 is 0 Å². The molecule has 2 unspecified atom stereocenters. The molecular weight excluding hydrogens is 192 g/mol. The van der Waals surface area contributed by atoms with Gasteiger partial charge < -0.3 is 15.7 Å². The molecule has 0 bridgehead atoms. The van der Waals surface area contributed by atoms with E-state index in [0.29, 0.717) is 12.5 Å². The third kappa shape index (κ3) is 5.14. The largest absolute Gasteiger partial charge is 0.396 e. The van der Waals surface area contributed by atoms with E-state index < -0.39 is 0 Å². The Labute approximate surface area is 91.4 Å². The summed E-state index contributed by atoms with van der Waals surface area (Å²) in [4.78, 5) is 11.4. The summed E-state index contributed by atoms with van der Waals surface area (Å²) in [6.45, 7) is 4.72. The Bertz CT molecular complexity index is 205. The van der Waals surface area contributed by atoms with Gasteiger partial charge in [0.2, 0.25) is 5.91 Å². The average molecular weight is 214 g/mol. The molecule has 2 atom stereocenters. The van der Waals surface area contributed by atoms with Crippen LogP contribution in [0.5, 0.6) is 0 Å². The molecule has 88 valence electrons. The number of amides is 1. The van der Waals surface area contributed by atoms with Crippen LogP contribution in [-0.4, -0.2) is 36.2 Å². The summed E-state index contributed by atoms with van der Waals surface area (Å²) in [6, 6.07) is 0.704. The molecule has 15 heavy (non-hydrogen) atoms. The molecule has 0 spiro atoms. The van der Waals surface area contributed by atoms with Crippen molar-refractivity contribution in [3.63, 3.8) is 0 Å². The third-order valence-electron chi connectivity index (χ3n) is 2.89. The molecule has 1 aliphatic carbocycles. The molecule has 0 aliphatic heterocycles. The molecule has 1 rings (SSSR count). The van der Waals surface area contributed by atoms with Gasteiger partial charge in [-0.1, -0.05) is 6.92 Å². The number of aliphatic hydroxyl groups is 1. The Morgan fingerprint density at radius 1 is 1.47 bits per heavy atom. The number of carbonyl (C=O) groups excluding carboxylic acids is 1. The van der Waals surface area contributed by atoms with Crippen LogP contribution in [0.4, 0.5) is 0 Å². The van der Waals surface area contributed by atoms with E-state index in [2.05, 4.69) is 10.6 Å². The van der Waals surface area contributed by atoms with Crippen LogP contribution in [-0.2, 0) is 4.79 Å². The molecular formula is C11H22N2O2. The standard InChI is InChI=1S/C11H22N2O2/c1-8(7-14)9(2)13-11(15)5-6-12-10-3-4-10/h8-10,12,14H,3-7H2,1-2H3,(H,13,15). The van der Waals surface area contributed by atoms with Crippen molar-refractivity contribution in [3.05, 3.63) is 0 Å². The maximum atomic E-state index is 11.4. The average Bonchev–Trinajstić information content (AvgIpc) is 3.00. The first-order valence-electron chi connectivity index (χ1n) is 5.77. The Hall–Kier alpha value is -0.610. The van der Waals surface area contributed by atoms with Crippen LogP contribution >= 0.6 is 0 Å². The van der Waals surface area contributed by atoms with E-state index in [9.17, 15) is 4.79 Å². The van der Waals surface area contributed by atoms with Gasteiger partial charge in [0.05, 0.1) is 0 Å². The van der Waals surface area contributed by atoms with Crippen LogP contribution in [0.2, 0.25) is 0 Å². The van der Waals surface area contributed by atoms with Gasteiger partial charge in [0.25, 0.3) is 0 Å². The zero-order chi connectivity index (χ0) is 11.3. The highest BCUT2D eigenvalue weighted by atomic mass is 16.3.